The van der Waals surface area contributed by atoms with Crippen molar-refractivity contribution in [3.63, 3.8) is 0 Å². The molecule has 2 aromatic carbocycles. The van der Waals surface area contributed by atoms with Crippen molar-refractivity contribution in [1.29, 1.82) is 0 Å². The Hall–Kier alpha value is -1.31. The van der Waals surface area contributed by atoms with E-state index in [2.05, 4.69) is 66.8 Å². The Kier molecular flexibility index (Phi) is 5.42. The zero-order valence-electron chi connectivity index (χ0n) is 19.5. The SMILES string of the molecule is C[C@H](NC1CCC(c2ccccc2)CC1)C12C[C@@H]3C[C@H](CC(c4ccc(Cl)cc4)(C3)C1)C2. The molecule has 3 atom stereocenters. The minimum Gasteiger partial charge on any atom is -0.311 e. The van der Waals surface area contributed by atoms with Gasteiger partial charge in [0, 0.05) is 17.1 Å². The van der Waals surface area contributed by atoms with Gasteiger partial charge >= 0.3 is 0 Å². The van der Waals surface area contributed by atoms with Crippen molar-refractivity contribution in [2.75, 3.05) is 0 Å². The monoisotopic (exact) mass is 447 g/mol. The molecule has 0 aliphatic heterocycles. The van der Waals surface area contributed by atoms with E-state index in [1.54, 1.807) is 11.1 Å². The van der Waals surface area contributed by atoms with Crippen molar-refractivity contribution >= 4 is 11.6 Å². The first-order valence-corrected chi connectivity index (χ1v) is 13.5. The molecule has 2 aromatic rings. The fourth-order valence-electron chi connectivity index (χ4n) is 8.83. The molecule has 32 heavy (non-hydrogen) atoms. The van der Waals surface area contributed by atoms with Crippen LogP contribution in [0.5, 0.6) is 0 Å². The Morgan fingerprint density at radius 2 is 1.50 bits per heavy atom. The summed E-state index contributed by atoms with van der Waals surface area (Å²) in [5.41, 5.74) is 4.00. The van der Waals surface area contributed by atoms with Gasteiger partial charge in [0.1, 0.15) is 0 Å². The maximum atomic E-state index is 6.24. The van der Waals surface area contributed by atoms with Crippen LogP contribution >= 0.6 is 11.6 Å². The lowest BCUT2D eigenvalue weighted by Crippen LogP contribution is -2.61. The Morgan fingerprint density at radius 3 is 2.16 bits per heavy atom. The number of halogens is 1. The van der Waals surface area contributed by atoms with Crippen molar-refractivity contribution in [2.24, 2.45) is 17.3 Å². The fraction of sp³-hybridized carbons (Fsp3) is 0.600. The van der Waals surface area contributed by atoms with Gasteiger partial charge in [-0.1, -0.05) is 54.1 Å². The van der Waals surface area contributed by atoms with Gasteiger partial charge in [0.2, 0.25) is 0 Å². The zero-order chi connectivity index (χ0) is 21.8. The molecule has 0 aromatic heterocycles. The molecule has 0 saturated heterocycles. The first-order chi connectivity index (χ1) is 15.5. The Morgan fingerprint density at radius 1 is 0.844 bits per heavy atom. The highest BCUT2D eigenvalue weighted by Gasteiger charge is 2.59. The topological polar surface area (TPSA) is 12.0 Å². The molecule has 0 unspecified atom stereocenters. The molecule has 1 N–H and O–H groups in total. The van der Waals surface area contributed by atoms with Gasteiger partial charge < -0.3 is 5.32 Å². The van der Waals surface area contributed by atoms with Crippen LogP contribution in [-0.2, 0) is 5.41 Å². The molecule has 0 amide bonds. The fourth-order valence-corrected chi connectivity index (χ4v) is 8.96. The molecule has 5 saturated carbocycles. The number of rotatable bonds is 5. The van der Waals surface area contributed by atoms with Gasteiger partial charge in [-0.05, 0) is 123 Å². The smallest absolute Gasteiger partial charge is 0.0406 e. The predicted molar refractivity (Wildman–Crippen MR) is 134 cm³/mol. The van der Waals surface area contributed by atoms with Gasteiger partial charge in [-0.25, -0.2) is 0 Å². The molecular formula is C30H38ClN. The maximum absolute atomic E-state index is 6.24. The van der Waals surface area contributed by atoms with Gasteiger partial charge in [-0.3, -0.25) is 0 Å². The van der Waals surface area contributed by atoms with Crippen LogP contribution < -0.4 is 5.32 Å². The third-order valence-corrected chi connectivity index (χ3v) is 10.2. The van der Waals surface area contributed by atoms with Gasteiger partial charge in [-0.2, -0.15) is 0 Å². The van der Waals surface area contributed by atoms with E-state index in [-0.39, 0.29) is 0 Å². The van der Waals surface area contributed by atoms with Crippen molar-refractivity contribution in [3.05, 3.63) is 70.7 Å². The lowest BCUT2D eigenvalue weighted by atomic mass is 9.41. The summed E-state index contributed by atoms with van der Waals surface area (Å²) < 4.78 is 0. The normalized spacial score (nSPS) is 39.2. The molecular weight excluding hydrogens is 410 g/mol. The summed E-state index contributed by atoms with van der Waals surface area (Å²) in [6.45, 7) is 2.53. The van der Waals surface area contributed by atoms with Gasteiger partial charge in [0.15, 0.2) is 0 Å². The Labute approximate surface area is 199 Å². The van der Waals surface area contributed by atoms with Gasteiger partial charge in [-0.15, -0.1) is 0 Å². The van der Waals surface area contributed by atoms with Crippen LogP contribution in [0.25, 0.3) is 0 Å². The van der Waals surface area contributed by atoms with Crippen LogP contribution in [-0.4, -0.2) is 12.1 Å². The Balaban J connectivity index is 1.16. The molecule has 2 heteroatoms. The van der Waals surface area contributed by atoms with Crippen LogP contribution in [0, 0.1) is 17.3 Å². The molecule has 5 aliphatic carbocycles. The van der Waals surface area contributed by atoms with Crippen LogP contribution in [0.4, 0.5) is 0 Å². The quantitative estimate of drug-likeness (QED) is 0.491. The van der Waals surface area contributed by atoms with Crippen molar-refractivity contribution < 1.29 is 0 Å². The lowest BCUT2D eigenvalue weighted by molar-refractivity contribution is -0.0901. The summed E-state index contributed by atoms with van der Waals surface area (Å²) >= 11 is 6.24. The third-order valence-electron chi connectivity index (χ3n) is 9.97. The van der Waals surface area contributed by atoms with E-state index in [1.807, 2.05) is 0 Å². The van der Waals surface area contributed by atoms with E-state index in [0.29, 0.717) is 22.9 Å². The van der Waals surface area contributed by atoms with Crippen LogP contribution in [0.15, 0.2) is 54.6 Å². The number of hydrogen-bond donors (Lipinski definition) is 1. The average Bonchev–Trinajstić information content (AvgIpc) is 2.80. The van der Waals surface area contributed by atoms with Crippen molar-refractivity contribution in [1.82, 2.24) is 5.32 Å². The Bertz CT molecular complexity index is 913. The molecule has 170 valence electrons. The molecule has 0 radical (unpaired) electrons. The number of hydrogen-bond acceptors (Lipinski definition) is 1. The molecule has 7 rings (SSSR count). The molecule has 5 fully saturated rings. The molecule has 4 bridgehead atoms. The highest BCUT2D eigenvalue weighted by Crippen LogP contribution is 2.66. The largest absolute Gasteiger partial charge is 0.311 e. The summed E-state index contributed by atoms with van der Waals surface area (Å²) in [7, 11) is 0. The van der Waals surface area contributed by atoms with E-state index in [9.17, 15) is 0 Å². The summed E-state index contributed by atoms with van der Waals surface area (Å²) in [6, 6.07) is 21.4. The lowest BCUT2D eigenvalue weighted by Gasteiger charge is -2.64. The van der Waals surface area contributed by atoms with Crippen LogP contribution in [0.2, 0.25) is 5.02 Å². The highest BCUT2D eigenvalue weighted by molar-refractivity contribution is 6.30. The van der Waals surface area contributed by atoms with E-state index in [0.717, 1.165) is 22.8 Å². The maximum Gasteiger partial charge on any atom is 0.0406 e. The van der Waals surface area contributed by atoms with Gasteiger partial charge in [0.25, 0.3) is 0 Å². The number of benzene rings is 2. The molecule has 1 nitrogen and oxygen atoms in total. The average molecular weight is 448 g/mol. The summed E-state index contributed by atoms with van der Waals surface area (Å²) in [4.78, 5) is 0. The molecule has 5 aliphatic rings. The van der Waals surface area contributed by atoms with Crippen LogP contribution in [0.1, 0.15) is 88.2 Å². The second kappa shape index (κ2) is 8.17. The first kappa shape index (κ1) is 21.2. The second-order valence-electron chi connectivity index (χ2n) is 12.0. The first-order valence-electron chi connectivity index (χ1n) is 13.1. The minimum absolute atomic E-state index is 0.398. The summed E-state index contributed by atoms with van der Waals surface area (Å²) in [6.07, 6.45) is 13.9. The van der Waals surface area contributed by atoms with Gasteiger partial charge in [0.05, 0.1) is 0 Å². The predicted octanol–water partition coefficient (Wildman–Crippen LogP) is 7.88. The molecule has 0 spiro atoms. The molecule has 0 heterocycles. The third kappa shape index (κ3) is 3.74. The van der Waals surface area contributed by atoms with E-state index in [1.165, 1.54) is 64.2 Å². The van der Waals surface area contributed by atoms with Crippen molar-refractivity contribution in [2.45, 2.75) is 94.5 Å². The van der Waals surface area contributed by atoms with E-state index in [4.69, 9.17) is 11.6 Å². The summed E-state index contributed by atoms with van der Waals surface area (Å²) in [5, 5.41) is 5.07. The minimum atomic E-state index is 0.398. The van der Waals surface area contributed by atoms with E-state index < -0.39 is 0 Å². The number of nitrogens with one attached hydrogen (secondary N) is 1. The summed E-state index contributed by atoms with van der Waals surface area (Å²) in [5.74, 6) is 2.60. The van der Waals surface area contributed by atoms with Crippen LogP contribution in [0.3, 0.4) is 0 Å². The second-order valence-corrected chi connectivity index (χ2v) is 12.4. The standard InChI is InChI=1S/C30H38ClN/c1-21(32-28-13-7-25(8-14-28)24-5-3-2-4-6-24)29-16-22-15-23(17-29)19-30(18-22,20-29)26-9-11-27(31)12-10-26/h2-6,9-12,21-23,25,28,32H,7-8,13-20H2,1H3/t21-,22-,23-,25?,28?,29?,30?/m0/s1. The van der Waals surface area contributed by atoms with E-state index >= 15 is 0 Å². The zero-order valence-corrected chi connectivity index (χ0v) is 20.3. The highest BCUT2D eigenvalue weighted by atomic mass is 35.5. The van der Waals surface area contributed by atoms with Crippen molar-refractivity contribution in [3.8, 4) is 0 Å².